The van der Waals surface area contributed by atoms with Crippen LogP contribution in [0, 0.1) is 0 Å². The van der Waals surface area contributed by atoms with Gasteiger partial charge in [0.15, 0.2) is 9.84 Å². The summed E-state index contributed by atoms with van der Waals surface area (Å²) < 4.78 is 28.3. The third kappa shape index (κ3) is 5.19. The zero-order valence-corrected chi connectivity index (χ0v) is 13.6. The van der Waals surface area contributed by atoms with Crippen LogP contribution in [0.2, 0.25) is 0 Å². The van der Waals surface area contributed by atoms with Crippen molar-refractivity contribution in [2.45, 2.75) is 24.0 Å². The summed E-state index contributed by atoms with van der Waals surface area (Å²) in [5, 5.41) is 0. The van der Waals surface area contributed by atoms with Gasteiger partial charge in [0.25, 0.3) is 0 Å². The average Bonchev–Trinajstić information content (AvgIpc) is 2.53. The number of carbonyl (C=O) groups excluding carboxylic acids is 1. The Bertz CT molecular complexity index is 772. The Hall–Kier alpha value is -2.18. The highest BCUT2D eigenvalue weighted by molar-refractivity contribution is 7.90. The summed E-state index contributed by atoms with van der Waals surface area (Å²) in [6.45, 7) is 0.163. The van der Waals surface area contributed by atoms with Gasteiger partial charge in [-0.2, -0.15) is 0 Å². The highest BCUT2D eigenvalue weighted by atomic mass is 32.2. The summed E-state index contributed by atoms with van der Waals surface area (Å²) in [7, 11) is -3.28. The van der Waals surface area contributed by atoms with E-state index >= 15 is 0 Å². The highest BCUT2D eigenvalue weighted by Gasteiger charge is 2.17. The molecule has 5 nitrogen and oxygen atoms in total. The number of ether oxygens (including phenoxy) is 1. The molecule has 0 saturated heterocycles. The van der Waals surface area contributed by atoms with E-state index in [2.05, 4.69) is 0 Å². The number of nitrogens with two attached hydrogens (primary N) is 1. The maximum absolute atomic E-state index is 11.9. The Kier molecular flexibility index (Phi) is 5.52. The Labute approximate surface area is 136 Å². The first-order chi connectivity index (χ1) is 10.9. The number of esters is 1. The number of benzene rings is 2. The molecule has 0 aliphatic carbocycles. The first-order valence-electron chi connectivity index (χ1n) is 7.11. The molecule has 0 spiro atoms. The van der Waals surface area contributed by atoms with Gasteiger partial charge in [0.05, 0.1) is 4.90 Å². The van der Waals surface area contributed by atoms with Crippen molar-refractivity contribution in [1.82, 2.24) is 0 Å². The monoisotopic (exact) mass is 333 g/mol. The van der Waals surface area contributed by atoms with Crippen molar-refractivity contribution in [2.75, 3.05) is 6.26 Å². The van der Waals surface area contributed by atoms with Crippen LogP contribution in [0.5, 0.6) is 0 Å². The summed E-state index contributed by atoms with van der Waals surface area (Å²) in [6, 6.07) is 14.9. The van der Waals surface area contributed by atoms with Gasteiger partial charge < -0.3 is 10.5 Å². The molecule has 2 aromatic rings. The minimum absolute atomic E-state index is 0.163. The lowest BCUT2D eigenvalue weighted by atomic mass is 10.1. The van der Waals surface area contributed by atoms with Crippen LogP contribution >= 0.6 is 0 Å². The van der Waals surface area contributed by atoms with Gasteiger partial charge in [0.2, 0.25) is 0 Å². The molecule has 0 radical (unpaired) electrons. The molecule has 1 unspecified atom stereocenters. The molecule has 1 atom stereocenters. The van der Waals surface area contributed by atoms with Crippen LogP contribution in [0.25, 0.3) is 0 Å². The second-order valence-corrected chi connectivity index (χ2v) is 7.34. The minimum atomic E-state index is -3.28. The first-order valence-corrected chi connectivity index (χ1v) is 9.00. The number of hydrogen-bond acceptors (Lipinski definition) is 5. The Morgan fingerprint density at radius 1 is 1.09 bits per heavy atom. The highest BCUT2D eigenvalue weighted by Crippen LogP contribution is 2.13. The van der Waals surface area contributed by atoms with Crippen LogP contribution in [0.3, 0.4) is 0 Å². The van der Waals surface area contributed by atoms with Crippen LogP contribution in [-0.4, -0.2) is 26.7 Å². The molecule has 6 heteroatoms. The van der Waals surface area contributed by atoms with Gasteiger partial charge in [0, 0.05) is 6.26 Å². The topological polar surface area (TPSA) is 86.5 Å². The van der Waals surface area contributed by atoms with E-state index in [0.29, 0.717) is 5.56 Å². The average molecular weight is 333 g/mol. The van der Waals surface area contributed by atoms with Crippen molar-refractivity contribution in [3.8, 4) is 0 Å². The van der Waals surface area contributed by atoms with E-state index in [0.717, 1.165) is 11.8 Å². The van der Waals surface area contributed by atoms with E-state index in [1.165, 1.54) is 12.1 Å². The van der Waals surface area contributed by atoms with Gasteiger partial charge in [-0.25, -0.2) is 8.42 Å². The van der Waals surface area contributed by atoms with E-state index in [9.17, 15) is 13.2 Å². The molecule has 0 aliphatic heterocycles. The molecule has 0 saturated carbocycles. The van der Waals surface area contributed by atoms with Crippen LogP contribution < -0.4 is 5.73 Å². The maximum atomic E-state index is 11.9. The Balaban J connectivity index is 1.96. The fraction of sp³-hybridized carbons (Fsp3) is 0.235. The van der Waals surface area contributed by atoms with Crippen LogP contribution in [0.1, 0.15) is 11.1 Å². The van der Waals surface area contributed by atoms with Crippen LogP contribution in [-0.2, 0) is 32.4 Å². The standard InChI is InChI=1S/C17H19NO4S/c1-23(20,21)15-9-5-8-14(10-15)11-16(18)17(19)22-12-13-6-3-2-4-7-13/h2-10,16H,11-12,18H2,1H3. The van der Waals surface area contributed by atoms with Crippen molar-refractivity contribution in [1.29, 1.82) is 0 Å². The van der Waals surface area contributed by atoms with Crippen molar-refractivity contribution < 1.29 is 17.9 Å². The molecule has 0 amide bonds. The molecule has 0 fully saturated rings. The van der Waals surface area contributed by atoms with Gasteiger partial charge in [0.1, 0.15) is 12.6 Å². The summed E-state index contributed by atoms with van der Waals surface area (Å²) >= 11 is 0. The van der Waals surface area contributed by atoms with Crippen molar-refractivity contribution in [2.24, 2.45) is 5.73 Å². The summed E-state index contributed by atoms with van der Waals surface area (Å²) in [5.74, 6) is -0.515. The molecule has 0 heterocycles. The number of rotatable bonds is 6. The quantitative estimate of drug-likeness (QED) is 0.813. The lowest BCUT2D eigenvalue weighted by molar-refractivity contribution is -0.146. The molecular formula is C17H19NO4S. The van der Waals surface area contributed by atoms with E-state index in [1.807, 2.05) is 30.3 Å². The van der Waals surface area contributed by atoms with Gasteiger partial charge in [-0.1, -0.05) is 42.5 Å². The Morgan fingerprint density at radius 2 is 1.74 bits per heavy atom. The fourth-order valence-corrected chi connectivity index (χ4v) is 2.77. The molecule has 0 aliphatic rings. The van der Waals surface area contributed by atoms with E-state index in [1.54, 1.807) is 12.1 Å². The third-order valence-electron chi connectivity index (χ3n) is 3.31. The largest absolute Gasteiger partial charge is 0.460 e. The summed E-state index contributed by atoms with van der Waals surface area (Å²) in [4.78, 5) is 12.1. The van der Waals surface area contributed by atoms with Crippen LogP contribution in [0.15, 0.2) is 59.5 Å². The van der Waals surface area contributed by atoms with Gasteiger partial charge in [-0.05, 0) is 29.7 Å². The zero-order valence-electron chi connectivity index (χ0n) is 12.8. The summed E-state index contributed by atoms with van der Waals surface area (Å²) in [6.07, 6.45) is 1.36. The molecule has 2 aromatic carbocycles. The van der Waals surface area contributed by atoms with E-state index in [-0.39, 0.29) is 17.9 Å². The van der Waals surface area contributed by atoms with E-state index in [4.69, 9.17) is 10.5 Å². The SMILES string of the molecule is CS(=O)(=O)c1cccc(CC(N)C(=O)OCc2ccccc2)c1. The number of sulfone groups is 1. The van der Waals surface area contributed by atoms with Gasteiger partial charge in [-0.15, -0.1) is 0 Å². The Morgan fingerprint density at radius 3 is 2.39 bits per heavy atom. The molecular weight excluding hydrogens is 314 g/mol. The minimum Gasteiger partial charge on any atom is -0.460 e. The molecule has 122 valence electrons. The number of carbonyl (C=O) groups is 1. The zero-order chi connectivity index (χ0) is 16.9. The predicted octanol–water partition coefficient (Wildman–Crippen LogP) is 1.70. The second-order valence-electron chi connectivity index (χ2n) is 5.32. The lowest BCUT2D eigenvalue weighted by Crippen LogP contribution is -2.34. The predicted molar refractivity (Wildman–Crippen MR) is 87.5 cm³/mol. The molecule has 23 heavy (non-hydrogen) atoms. The lowest BCUT2D eigenvalue weighted by Gasteiger charge is -2.12. The number of hydrogen-bond donors (Lipinski definition) is 1. The van der Waals surface area contributed by atoms with E-state index < -0.39 is 21.8 Å². The second kappa shape index (κ2) is 7.39. The smallest absolute Gasteiger partial charge is 0.323 e. The van der Waals surface area contributed by atoms with Crippen molar-refractivity contribution >= 4 is 15.8 Å². The molecule has 0 aromatic heterocycles. The first kappa shape index (κ1) is 17.2. The molecule has 0 bridgehead atoms. The fourth-order valence-electron chi connectivity index (χ4n) is 2.08. The normalized spacial score (nSPS) is 12.6. The summed E-state index contributed by atoms with van der Waals surface area (Å²) in [5.41, 5.74) is 7.41. The molecule has 2 rings (SSSR count). The maximum Gasteiger partial charge on any atom is 0.323 e. The van der Waals surface area contributed by atoms with Crippen LogP contribution in [0.4, 0.5) is 0 Å². The molecule has 2 N–H and O–H groups in total. The van der Waals surface area contributed by atoms with Gasteiger partial charge in [-0.3, -0.25) is 4.79 Å². The van der Waals surface area contributed by atoms with Crippen molar-refractivity contribution in [3.05, 3.63) is 65.7 Å². The van der Waals surface area contributed by atoms with Gasteiger partial charge >= 0.3 is 5.97 Å². The third-order valence-corrected chi connectivity index (χ3v) is 4.42. The van der Waals surface area contributed by atoms with Crippen molar-refractivity contribution in [3.63, 3.8) is 0 Å².